The highest BCUT2D eigenvalue weighted by Gasteiger charge is 2.17. The molecule has 0 aromatic heterocycles. The lowest BCUT2D eigenvalue weighted by molar-refractivity contribution is -0.116. The number of carbonyl (C=O) groups is 1. The predicted molar refractivity (Wildman–Crippen MR) is 108 cm³/mol. The van der Waals surface area contributed by atoms with Crippen LogP contribution in [0.5, 0.6) is 0 Å². The largest absolute Gasteiger partial charge is 0.326 e. The van der Waals surface area contributed by atoms with Crippen molar-refractivity contribution in [3.05, 3.63) is 64.1 Å². The molecule has 0 atom stereocenters. The van der Waals surface area contributed by atoms with Crippen molar-refractivity contribution in [1.29, 1.82) is 0 Å². The van der Waals surface area contributed by atoms with Crippen LogP contribution >= 0.6 is 23.2 Å². The topological polar surface area (TPSA) is 35.6 Å². The molecule has 1 fully saturated rings. The smallest absolute Gasteiger partial charge is 0.225 e. The molecular weight excluding hydrogens is 369 g/mol. The first-order valence-electron chi connectivity index (χ1n) is 8.84. The average Bonchev–Trinajstić information content (AvgIpc) is 2.65. The molecule has 1 amide bonds. The molecule has 26 heavy (non-hydrogen) atoms. The molecule has 3 rings (SSSR count). The summed E-state index contributed by atoms with van der Waals surface area (Å²) in [5, 5.41) is 3.80. The molecule has 0 aliphatic carbocycles. The van der Waals surface area contributed by atoms with Crippen LogP contribution in [0.15, 0.2) is 48.5 Å². The minimum atomic E-state index is -0.00453. The van der Waals surface area contributed by atoms with Gasteiger partial charge in [0.2, 0.25) is 5.91 Å². The molecular formula is C20H23Cl2N3O. The van der Waals surface area contributed by atoms with E-state index in [0.29, 0.717) is 22.2 Å². The lowest BCUT2D eigenvalue weighted by Crippen LogP contribution is -2.46. The standard InChI is InChI=1S/C20H23Cl2N3O/c21-18-7-6-17(14-19(18)22)23-20(26)8-9-24-10-12-25(13-11-24)15-16-4-2-1-3-5-16/h1-7,14H,8-13,15H2,(H,23,26). The van der Waals surface area contributed by atoms with Gasteiger partial charge in [0.15, 0.2) is 0 Å². The number of carbonyl (C=O) groups excluding carboxylic acids is 1. The number of anilines is 1. The minimum Gasteiger partial charge on any atom is -0.326 e. The van der Waals surface area contributed by atoms with Crippen molar-refractivity contribution in [3.8, 4) is 0 Å². The van der Waals surface area contributed by atoms with E-state index in [-0.39, 0.29) is 5.91 Å². The van der Waals surface area contributed by atoms with E-state index in [4.69, 9.17) is 23.2 Å². The first kappa shape index (κ1) is 19.2. The molecule has 1 aliphatic heterocycles. The molecule has 1 heterocycles. The van der Waals surface area contributed by atoms with Crippen LogP contribution < -0.4 is 5.32 Å². The summed E-state index contributed by atoms with van der Waals surface area (Å²) >= 11 is 11.9. The van der Waals surface area contributed by atoms with Crippen molar-refractivity contribution < 1.29 is 4.79 Å². The number of nitrogens with one attached hydrogen (secondary N) is 1. The van der Waals surface area contributed by atoms with Crippen molar-refractivity contribution in [2.45, 2.75) is 13.0 Å². The van der Waals surface area contributed by atoms with E-state index in [9.17, 15) is 4.79 Å². The molecule has 6 heteroatoms. The lowest BCUT2D eigenvalue weighted by Gasteiger charge is -2.34. The Morgan fingerprint density at radius 1 is 0.923 bits per heavy atom. The third kappa shape index (κ3) is 5.71. The number of nitrogens with zero attached hydrogens (tertiary/aromatic N) is 2. The van der Waals surface area contributed by atoms with Crippen LogP contribution in [0.3, 0.4) is 0 Å². The summed E-state index contributed by atoms with van der Waals surface area (Å²) in [7, 11) is 0. The van der Waals surface area contributed by atoms with E-state index in [2.05, 4.69) is 39.4 Å². The second-order valence-corrected chi connectivity index (χ2v) is 7.34. The molecule has 2 aromatic rings. The van der Waals surface area contributed by atoms with Gasteiger partial charge in [-0.3, -0.25) is 9.69 Å². The molecule has 1 saturated heterocycles. The van der Waals surface area contributed by atoms with Gasteiger partial charge in [0.1, 0.15) is 0 Å². The Morgan fingerprint density at radius 2 is 1.62 bits per heavy atom. The lowest BCUT2D eigenvalue weighted by atomic mass is 10.2. The van der Waals surface area contributed by atoms with Crippen molar-refractivity contribution in [1.82, 2.24) is 9.80 Å². The van der Waals surface area contributed by atoms with E-state index >= 15 is 0 Å². The monoisotopic (exact) mass is 391 g/mol. The van der Waals surface area contributed by atoms with Gasteiger partial charge in [-0.25, -0.2) is 0 Å². The Kier molecular flexibility index (Phi) is 6.92. The first-order chi connectivity index (χ1) is 12.6. The van der Waals surface area contributed by atoms with Crippen LogP contribution in [0.25, 0.3) is 0 Å². The quantitative estimate of drug-likeness (QED) is 0.803. The number of piperazine rings is 1. The van der Waals surface area contributed by atoms with Gasteiger partial charge in [0.25, 0.3) is 0 Å². The number of benzene rings is 2. The Labute approximate surface area is 164 Å². The molecule has 1 aliphatic rings. The first-order valence-corrected chi connectivity index (χ1v) is 9.59. The normalized spacial score (nSPS) is 15.8. The molecule has 4 nitrogen and oxygen atoms in total. The molecule has 0 radical (unpaired) electrons. The van der Waals surface area contributed by atoms with Crippen LogP contribution in [0.2, 0.25) is 10.0 Å². The summed E-state index contributed by atoms with van der Waals surface area (Å²) in [6.07, 6.45) is 0.471. The maximum absolute atomic E-state index is 12.1. The third-order valence-corrected chi connectivity index (χ3v) is 5.31. The second-order valence-electron chi connectivity index (χ2n) is 6.53. The highest BCUT2D eigenvalue weighted by molar-refractivity contribution is 6.42. The van der Waals surface area contributed by atoms with Crippen LogP contribution in [-0.2, 0) is 11.3 Å². The molecule has 1 N–H and O–H groups in total. The van der Waals surface area contributed by atoms with Crippen molar-refractivity contribution in [2.75, 3.05) is 38.0 Å². The molecule has 138 valence electrons. The fourth-order valence-electron chi connectivity index (χ4n) is 3.07. The highest BCUT2D eigenvalue weighted by Crippen LogP contribution is 2.25. The maximum Gasteiger partial charge on any atom is 0.225 e. The molecule has 2 aromatic carbocycles. The zero-order valence-corrected chi connectivity index (χ0v) is 16.1. The number of amides is 1. The number of hydrogen-bond acceptors (Lipinski definition) is 3. The van der Waals surface area contributed by atoms with Crippen LogP contribution in [-0.4, -0.2) is 48.4 Å². The average molecular weight is 392 g/mol. The Hall–Kier alpha value is -1.59. The van der Waals surface area contributed by atoms with Crippen molar-refractivity contribution in [2.24, 2.45) is 0 Å². The van der Waals surface area contributed by atoms with Crippen molar-refractivity contribution in [3.63, 3.8) is 0 Å². The predicted octanol–water partition coefficient (Wildman–Crippen LogP) is 4.14. The zero-order chi connectivity index (χ0) is 18.4. The fraction of sp³-hybridized carbons (Fsp3) is 0.350. The molecule has 0 bridgehead atoms. The van der Waals surface area contributed by atoms with E-state index in [1.54, 1.807) is 18.2 Å². The number of hydrogen-bond donors (Lipinski definition) is 1. The van der Waals surface area contributed by atoms with Crippen LogP contribution in [0.4, 0.5) is 5.69 Å². The summed E-state index contributed by atoms with van der Waals surface area (Å²) in [4.78, 5) is 16.9. The van der Waals surface area contributed by atoms with Gasteiger partial charge in [0.05, 0.1) is 10.0 Å². The van der Waals surface area contributed by atoms with Crippen LogP contribution in [0, 0.1) is 0 Å². The highest BCUT2D eigenvalue weighted by atomic mass is 35.5. The van der Waals surface area contributed by atoms with E-state index in [1.165, 1.54) is 5.56 Å². The number of rotatable bonds is 6. The number of halogens is 2. The van der Waals surface area contributed by atoms with Crippen molar-refractivity contribution >= 4 is 34.8 Å². The van der Waals surface area contributed by atoms with Gasteiger partial charge in [-0.1, -0.05) is 53.5 Å². The van der Waals surface area contributed by atoms with E-state index < -0.39 is 0 Å². The third-order valence-electron chi connectivity index (χ3n) is 4.57. The van der Waals surface area contributed by atoms with Gasteiger partial charge < -0.3 is 10.2 Å². The summed E-state index contributed by atoms with van der Waals surface area (Å²) < 4.78 is 0. The fourth-order valence-corrected chi connectivity index (χ4v) is 3.37. The molecule has 0 spiro atoms. The van der Waals surface area contributed by atoms with Gasteiger partial charge in [-0.15, -0.1) is 0 Å². The van der Waals surface area contributed by atoms with Gasteiger partial charge in [-0.05, 0) is 23.8 Å². The van der Waals surface area contributed by atoms with Gasteiger partial charge in [-0.2, -0.15) is 0 Å². The SMILES string of the molecule is O=C(CCN1CCN(Cc2ccccc2)CC1)Nc1ccc(Cl)c(Cl)c1. The maximum atomic E-state index is 12.1. The summed E-state index contributed by atoms with van der Waals surface area (Å²) in [5.74, 6) is -0.00453. The van der Waals surface area contributed by atoms with E-state index in [1.807, 2.05) is 6.07 Å². The second kappa shape index (κ2) is 9.38. The Bertz CT molecular complexity index is 731. The summed E-state index contributed by atoms with van der Waals surface area (Å²) in [6.45, 7) is 5.81. The van der Waals surface area contributed by atoms with Crippen LogP contribution in [0.1, 0.15) is 12.0 Å². The molecule has 0 unspecified atom stereocenters. The Morgan fingerprint density at radius 3 is 2.31 bits per heavy atom. The Balaban J connectivity index is 1.38. The minimum absolute atomic E-state index is 0.00453. The van der Waals surface area contributed by atoms with Gasteiger partial charge in [0, 0.05) is 51.4 Å². The zero-order valence-electron chi connectivity index (χ0n) is 14.6. The summed E-state index contributed by atoms with van der Waals surface area (Å²) in [5.41, 5.74) is 2.03. The molecule has 0 saturated carbocycles. The summed E-state index contributed by atoms with van der Waals surface area (Å²) in [6, 6.07) is 15.7. The van der Waals surface area contributed by atoms with E-state index in [0.717, 1.165) is 39.3 Å². The van der Waals surface area contributed by atoms with Gasteiger partial charge >= 0.3 is 0 Å².